The minimum Gasteiger partial charge on any atom is -0.452 e. The fourth-order valence-electron chi connectivity index (χ4n) is 11.5. The molecule has 0 spiro atoms. The van der Waals surface area contributed by atoms with E-state index in [0.29, 0.717) is 0 Å². The van der Waals surface area contributed by atoms with Crippen LogP contribution >= 0.6 is 0 Å². The number of anilines is 6. The number of furan rings is 2. The summed E-state index contributed by atoms with van der Waals surface area (Å²) < 4.78 is 14.5. The van der Waals surface area contributed by atoms with E-state index in [9.17, 15) is 0 Å². The van der Waals surface area contributed by atoms with Gasteiger partial charge in [0, 0.05) is 66.8 Å². The van der Waals surface area contributed by atoms with Crippen LogP contribution in [0.1, 0.15) is 44.5 Å². The molecule has 0 aliphatic rings. The van der Waals surface area contributed by atoms with Crippen LogP contribution in [0.2, 0.25) is 0 Å². The number of fused-ring (bicyclic) bond motifs is 9. The average molecular weight is 957 g/mol. The van der Waals surface area contributed by atoms with E-state index in [1.165, 1.54) is 67.3 Å². The Hall–Kier alpha value is -8.86. The van der Waals surface area contributed by atoms with Crippen LogP contribution in [0.3, 0.4) is 0 Å². The van der Waals surface area contributed by atoms with Crippen LogP contribution in [0, 0.1) is 55.4 Å². The van der Waals surface area contributed by atoms with Crippen LogP contribution in [0.25, 0.3) is 87.7 Å². The van der Waals surface area contributed by atoms with E-state index in [0.717, 1.165) is 99.1 Å². The van der Waals surface area contributed by atoms with Gasteiger partial charge in [-0.25, -0.2) is 0 Å². The van der Waals surface area contributed by atoms with Crippen LogP contribution in [0.4, 0.5) is 34.1 Å². The Morgan fingerprint density at radius 2 is 0.635 bits per heavy atom. The summed E-state index contributed by atoms with van der Waals surface area (Å²) >= 11 is 0. The standard InChI is InChI=1S/C70H56N2O2/c1-41-19-15-27-59(45(41)5)71(60-28-16-20-42(2)46(60)6)55-33-31-51-37-57-63(39-53(51)35-55)73-69-67(57)65(49-23-11-9-12-24-49)66(50-25-13-10-14-26-50)68-58-38-52-32-34-56(36-54(52)40-64(58)74-70(68)69)72(61-29-17-21-43(3)47(61)7)62-30-18-22-44(4)48(62)8/h9-40H,1-8H3. The Balaban J connectivity index is 1.07. The Labute approximate surface area is 432 Å². The molecule has 0 atom stereocenters. The maximum atomic E-state index is 7.27. The SMILES string of the molecule is Cc1cccc(N(c2ccc3cc4c(cc3c2)oc2c3oc5cc6cc(N(c7cccc(C)c7C)c7cccc(C)c7C)ccc6cc5c3c(-c3ccccc3)c(-c3ccccc3)c42)c2cccc(C)c2C)c1C. The quantitative estimate of drug-likeness (QED) is 0.152. The molecule has 2 heterocycles. The third-order valence-electron chi connectivity index (χ3n) is 16.1. The van der Waals surface area contributed by atoms with Crippen molar-refractivity contribution in [2.75, 3.05) is 9.80 Å². The van der Waals surface area contributed by atoms with Gasteiger partial charge in [-0.1, -0.05) is 121 Å². The highest BCUT2D eigenvalue weighted by atomic mass is 16.4. The van der Waals surface area contributed by atoms with Crippen molar-refractivity contribution < 1.29 is 8.83 Å². The fraction of sp³-hybridized carbons (Fsp3) is 0.114. The second kappa shape index (κ2) is 17.4. The molecule has 0 fully saturated rings. The molecule has 4 nitrogen and oxygen atoms in total. The first-order chi connectivity index (χ1) is 36.0. The molecule has 4 heteroatoms. The number of aryl methyl sites for hydroxylation is 4. The largest absolute Gasteiger partial charge is 0.452 e. The van der Waals surface area contributed by atoms with E-state index in [1.54, 1.807) is 0 Å². The van der Waals surface area contributed by atoms with Crippen molar-refractivity contribution in [3.05, 3.63) is 239 Å². The number of benzene rings is 11. The summed E-state index contributed by atoms with van der Waals surface area (Å²) in [6, 6.07) is 70.8. The summed E-state index contributed by atoms with van der Waals surface area (Å²) in [4.78, 5) is 4.84. The highest BCUT2D eigenvalue weighted by Crippen LogP contribution is 2.52. The van der Waals surface area contributed by atoms with E-state index >= 15 is 0 Å². The molecule has 13 aromatic rings. The predicted octanol–water partition coefficient (Wildman–Crippen LogP) is 20.5. The molecule has 0 saturated heterocycles. The van der Waals surface area contributed by atoms with Crippen LogP contribution < -0.4 is 9.80 Å². The van der Waals surface area contributed by atoms with E-state index < -0.39 is 0 Å². The van der Waals surface area contributed by atoms with E-state index in [2.05, 4.69) is 259 Å². The topological polar surface area (TPSA) is 32.8 Å². The molecule has 2 aromatic heterocycles. The molecule has 0 saturated carbocycles. The maximum Gasteiger partial charge on any atom is 0.179 e. The monoisotopic (exact) mass is 956 g/mol. The van der Waals surface area contributed by atoms with Crippen LogP contribution in [-0.4, -0.2) is 0 Å². The average Bonchev–Trinajstić information content (AvgIpc) is 4.00. The lowest BCUT2D eigenvalue weighted by molar-refractivity contribution is 0.634. The molecule has 0 N–H and O–H groups in total. The van der Waals surface area contributed by atoms with Gasteiger partial charge in [0.05, 0.1) is 0 Å². The van der Waals surface area contributed by atoms with Gasteiger partial charge in [0.2, 0.25) is 0 Å². The van der Waals surface area contributed by atoms with Gasteiger partial charge < -0.3 is 18.6 Å². The summed E-state index contributed by atoms with van der Waals surface area (Å²) in [5, 5.41) is 8.64. The molecule has 0 aliphatic heterocycles. The first-order valence-corrected chi connectivity index (χ1v) is 25.7. The van der Waals surface area contributed by atoms with Gasteiger partial charge in [0.25, 0.3) is 0 Å². The highest BCUT2D eigenvalue weighted by Gasteiger charge is 2.28. The minimum atomic E-state index is 0.744. The van der Waals surface area contributed by atoms with Gasteiger partial charge in [-0.2, -0.15) is 0 Å². The number of nitrogens with zero attached hydrogens (tertiary/aromatic N) is 2. The smallest absolute Gasteiger partial charge is 0.179 e. The molecule has 13 rings (SSSR count). The first kappa shape index (κ1) is 45.0. The predicted molar refractivity (Wildman–Crippen MR) is 314 cm³/mol. The summed E-state index contributed by atoms with van der Waals surface area (Å²) in [6.07, 6.45) is 0. The van der Waals surface area contributed by atoms with Crippen molar-refractivity contribution in [2.45, 2.75) is 55.4 Å². The molecule has 358 valence electrons. The Bertz CT molecular complexity index is 4020. The van der Waals surface area contributed by atoms with Crippen LogP contribution in [0.5, 0.6) is 0 Å². The van der Waals surface area contributed by atoms with Gasteiger partial charge >= 0.3 is 0 Å². The molecule has 0 bridgehead atoms. The first-order valence-electron chi connectivity index (χ1n) is 25.7. The van der Waals surface area contributed by atoms with Crippen molar-refractivity contribution in [1.29, 1.82) is 0 Å². The van der Waals surface area contributed by atoms with Crippen molar-refractivity contribution in [3.63, 3.8) is 0 Å². The maximum absolute atomic E-state index is 7.27. The van der Waals surface area contributed by atoms with Crippen LogP contribution in [-0.2, 0) is 0 Å². The number of rotatable bonds is 8. The molecule has 11 aromatic carbocycles. The molecule has 74 heavy (non-hydrogen) atoms. The second-order valence-corrected chi connectivity index (χ2v) is 20.4. The van der Waals surface area contributed by atoms with Crippen molar-refractivity contribution in [1.82, 2.24) is 0 Å². The third kappa shape index (κ3) is 7.11. The minimum absolute atomic E-state index is 0.744. The summed E-state index contributed by atoms with van der Waals surface area (Å²) in [5.74, 6) is 0. The zero-order valence-corrected chi connectivity index (χ0v) is 43.2. The molecule has 0 unspecified atom stereocenters. The molecule has 0 amide bonds. The molecule has 0 radical (unpaired) electrons. The highest BCUT2D eigenvalue weighted by molar-refractivity contribution is 6.31. The van der Waals surface area contributed by atoms with E-state index in [1.807, 2.05) is 0 Å². The lowest BCUT2D eigenvalue weighted by atomic mass is 9.87. The number of hydrogen-bond donors (Lipinski definition) is 0. The molecular weight excluding hydrogens is 901 g/mol. The Morgan fingerprint density at radius 1 is 0.297 bits per heavy atom. The van der Waals surface area contributed by atoms with Gasteiger partial charge in [-0.05, 0) is 205 Å². The summed E-state index contributed by atoms with van der Waals surface area (Å²) in [5.41, 5.74) is 24.5. The van der Waals surface area contributed by atoms with E-state index in [4.69, 9.17) is 8.83 Å². The van der Waals surface area contributed by atoms with Gasteiger partial charge in [0.1, 0.15) is 11.2 Å². The van der Waals surface area contributed by atoms with Gasteiger partial charge in [-0.3, -0.25) is 0 Å². The van der Waals surface area contributed by atoms with Crippen molar-refractivity contribution in [2.24, 2.45) is 0 Å². The summed E-state index contributed by atoms with van der Waals surface area (Å²) in [7, 11) is 0. The van der Waals surface area contributed by atoms with Crippen molar-refractivity contribution in [3.8, 4) is 22.3 Å². The Morgan fingerprint density at radius 3 is 0.973 bits per heavy atom. The number of hydrogen-bond acceptors (Lipinski definition) is 4. The van der Waals surface area contributed by atoms with E-state index in [-0.39, 0.29) is 0 Å². The lowest BCUT2D eigenvalue weighted by Crippen LogP contribution is -2.13. The zero-order valence-electron chi connectivity index (χ0n) is 43.2. The fourth-order valence-corrected chi connectivity index (χ4v) is 11.5. The normalized spacial score (nSPS) is 11.8. The third-order valence-corrected chi connectivity index (χ3v) is 16.1. The second-order valence-electron chi connectivity index (χ2n) is 20.4. The Kier molecular flexibility index (Phi) is 10.6. The molecule has 0 aliphatic carbocycles. The van der Waals surface area contributed by atoms with Crippen LogP contribution in [0.15, 0.2) is 203 Å². The summed E-state index contributed by atoms with van der Waals surface area (Å²) in [6.45, 7) is 17.7. The van der Waals surface area contributed by atoms with Gasteiger partial charge in [0.15, 0.2) is 11.2 Å². The van der Waals surface area contributed by atoms with Crippen molar-refractivity contribution >= 4 is 99.5 Å². The lowest BCUT2D eigenvalue weighted by Gasteiger charge is -2.30. The van der Waals surface area contributed by atoms with Gasteiger partial charge in [-0.15, -0.1) is 0 Å². The molecular formula is C70H56N2O2. The zero-order chi connectivity index (χ0) is 50.5.